The van der Waals surface area contributed by atoms with Crippen molar-refractivity contribution in [1.82, 2.24) is 9.97 Å². The topological polar surface area (TPSA) is 37.8 Å². The van der Waals surface area contributed by atoms with Crippen LogP contribution in [0.5, 0.6) is 0 Å². The zero-order valence-electron chi connectivity index (χ0n) is 24.8. The standard InChI is InChI=1S/C36H42FN3/c1-7-10-11-12-13-16-30-23-31(18-17-27(30)5)33-19-20-38-36(28(33)6)40-25-29-22-34(37)35(39-24-29)32(15-9-3)21-26(4)14-8-2/h9,11-24H,7-8,10,25H2,1-6H3,(H,38,40)/b12-11+,15-9-,16-13-,26-14+,32-21+. The maximum Gasteiger partial charge on any atom is 0.149 e. The number of unbranched alkanes of at least 4 members (excludes halogenated alkanes) is 1. The number of hydrogen-bond donors (Lipinski definition) is 1. The second-order valence-electron chi connectivity index (χ2n) is 9.96. The first kappa shape index (κ1) is 30.5. The number of allylic oxidation sites excluding steroid dienone is 9. The van der Waals surface area contributed by atoms with Gasteiger partial charge in [0.15, 0.2) is 0 Å². The molecular weight excluding hydrogens is 493 g/mol. The maximum atomic E-state index is 15.2. The van der Waals surface area contributed by atoms with Gasteiger partial charge in [0.1, 0.15) is 17.3 Å². The van der Waals surface area contributed by atoms with Gasteiger partial charge in [-0.05, 0) is 92.1 Å². The third-order valence-corrected chi connectivity index (χ3v) is 6.66. The molecule has 0 aliphatic rings. The van der Waals surface area contributed by atoms with Gasteiger partial charge in [0.05, 0.1) is 0 Å². The Hall–Kier alpha value is -4.05. The van der Waals surface area contributed by atoms with Gasteiger partial charge in [-0.25, -0.2) is 9.37 Å². The molecule has 0 saturated carbocycles. The van der Waals surface area contributed by atoms with Crippen LogP contribution in [0.4, 0.5) is 10.2 Å². The number of benzene rings is 1. The van der Waals surface area contributed by atoms with Gasteiger partial charge in [-0.15, -0.1) is 0 Å². The van der Waals surface area contributed by atoms with E-state index in [9.17, 15) is 0 Å². The quantitative estimate of drug-likeness (QED) is 0.234. The lowest BCUT2D eigenvalue weighted by molar-refractivity contribution is 0.614. The average molecular weight is 536 g/mol. The molecule has 0 fully saturated rings. The molecule has 0 radical (unpaired) electrons. The van der Waals surface area contributed by atoms with E-state index >= 15 is 4.39 Å². The molecule has 4 heteroatoms. The predicted octanol–water partition coefficient (Wildman–Crippen LogP) is 10.2. The Labute approximate surface area is 240 Å². The molecule has 0 spiro atoms. The van der Waals surface area contributed by atoms with E-state index in [1.165, 1.54) is 11.1 Å². The molecule has 2 aromatic heterocycles. The third kappa shape index (κ3) is 8.47. The van der Waals surface area contributed by atoms with Crippen LogP contribution >= 0.6 is 0 Å². The number of rotatable bonds is 12. The second kappa shape index (κ2) is 15.5. The van der Waals surface area contributed by atoms with Crippen LogP contribution < -0.4 is 5.32 Å². The smallest absolute Gasteiger partial charge is 0.149 e. The Morgan fingerprint density at radius 1 is 1.05 bits per heavy atom. The molecule has 2 heterocycles. The summed E-state index contributed by atoms with van der Waals surface area (Å²) in [6.07, 6.45) is 23.2. The lowest BCUT2D eigenvalue weighted by Gasteiger charge is -2.14. The first-order valence-corrected chi connectivity index (χ1v) is 14.2. The van der Waals surface area contributed by atoms with E-state index in [4.69, 9.17) is 0 Å². The summed E-state index contributed by atoms with van der Waals surface area (Å²) in [7, 11) is 0. The first-order valence-electron chi connectivity index (χ1n) is 14.2. The maximum absolute atomic E-state index is 15.2. The first-order chi connectivity index (χ1) is 19.4. The minimum Gasteiger partial charge on any atom is -0.366 e. The molecule has 208 valence electrons. The normalized spacial score (nSPS) is 12.8. The highest BCUT2D eigenvalue weighted by Gasteiger charge is 2.12. The summed E-state index contributed by atoms with van der Waals surface area (Å²) in [5, 5.41) is 3.39. The minimum absolute atomic E-state index is 0.337. The molecule has 1 aromatic carbocycles. The molecule has 0 aliphatic carbocycles. The van der Waals surface area contributed by atoms with Gasteiger partial charge < -0.3 is 5.32 Å². The molecule has 40 heavy (non-hydrogen) atoms. The zero-order valence-corrected chi connectivity index (χ0v) is 24.8. The molecule has 0 atom stereocenters. The molecule has 0 unspecified atom stereocenters. The number of nitrogens with one attached hydrogen (secondary N) is 1. The molecule has 0 aliphatic heterocycles. The highest BCUT2D eigenvalue weighted by atomic mass is 19.1. The molecule has 3 rings (SSSR count). The van der Waals surface area contributed by atoms with Crippen LogP contribution in [0.15, 0.2) is 90.8 Å². The largest absolute Gasteiger partial charge is 0.366 e. The van der Waals surface area contributed by atoms with Crippen molar-refractivity contribution in [2.45, 2.75) is 67.3 Å². The van der Waals surface area contributed by atoms with Crippen molar-refractivity contribution in [2.75, 3.05) is 5.32 Å². The Kier molecular flexibility index (Phi) is 11.8. The number of pyridine rings is 2. The van der Waals surface area contributed by atoms with E-state index in [0.29, 0.717) is 12.2 Å². The lowest BCUT2D eigenvalue weighted by Crippen LogP contribution is -2.06. The fraction of sp³-hybridized carbons (Fsp3) is 0.278. The van der Waals surface area contributed by atoms with E-state index < -0.39 is 0 Å². The monoisotopic (exact) mass is 535 g/mol. The predicted molar refractivity (Wildman–Crippen MR) is 171 cm³/mol. The number of aromatic nitrogens is 2. The van der Waals surface area contributed by atoms with E-state index in [-0.39, 0.29) is 5.82 Å². The van der Waals surface area contributed by atoms with E-state index in [1.807, 2.05) is 44.3 Å². The third-order valence-electron chi connectivity index (χ3n) is 6.66. The molecule has 0 amide bonds. The number of nitrogens with zero attached hydrogens (tertiary/aromatic N) is 2. The van der Waals surface area contributed by atoms with Crippen LogP contribution in [-0.4, -0.2) is 9.97 Å². The molecule has 0 saturated heterocycles. The van der Waals surface area contributed by atoms with Crippen LogP contribution in [-0.2, 0) is 6.54 Å². The van der Waals surface area contributed by atoms with Gasteiger partial charge >= 0.3 is 0 Å². The van der Waals surface area contributed by atoms with Crippen LogP contribution in [0.3, 0.4) is 0 Å². The minimum atomic E-state index is -0.337. The Bertz CT molecular complexity index is 1440. The van der Waals surface area contributed by atoms with Crippen molar-refractivity contribution in [2.24, 2.45) is 0 Å². The van der Waals surface area contributed by atoms with Crippen LogP contribution in [0.1, 0.15) is 74.9 Å². The van der Waals surface area contributed by atoms with Gasteiger partial charge in [0.2, 0.25) is 0 Å². The number of halogens is 1. The average Bonchev–Trinajstić information content (AvgIpc) is 2.93. The summed E-state index contributed by atoms with van der Waals surface area (Å²) < 4.78 is 15.2. The number of hydrogen-bond acceptors (Lipinski definition) is 3. The second-order valence-corrected chi connectivity index (χ2v) is 9.96. The van der Waals surface area contributed by atoms with Crippen molar-refractivity contribution < 1.29 is 4.39 Å². The van der Waals surface area contributed by atoms with Gasteiger partial charge in [-0.1, -0.05) is 86.6 Å². The van der Waals surface area contributed by atoms with E-state index in [2.05, 4.69) is 91.6 Å². The fourth-order valence-electron chi connectivity index (χ4n) is 4.49. The van der Waals surface area contributed by atoms with Crippen molar-refractivity contribution in [3.8, 4) is 11.1 Å². The van der Waals surface area contributed by atoms with Crippen LogP contribution in [0.2, 0.25) is 0 Å². The SMILES string of the molecule is C\C=C/C(=C\C(C)=C\CC)c1ncc(CNc2nccc(-c3ccc(C)c(/C=C\C=C\CCC)c3)c2C)cc1F. The van der Waals surface area contributed by atoms with Crippen molar-refractivity contribution in [1.29, 1.82) is 0 Å². The molecule has 0 bridgehead atoms. The molecule has 1 N–H and O–H groups in total. The Morgan fingerprint density at radius 3 is 2.60 bits per heavy atom. The van der Waals surface area contributed by atoms with Crippen molar-refractivity contribution in [3.05, 3.63) is 125 Å². The molecule has 3 nitrogen and oxygen atoms in total. The van der Waals surface area contributed by atoms with Gasteiger partial charge in [-0.3, -0.25) is 4.98 Å². The summed E-state index contributed by atoms with van der Waals surface area (Å²) >= 11 is 0. The lowest BCUT2D eigenvalue weighted by atomic mass is 9.97. The van der Waals surface area contributed by atoms with Gasteiger partial charge in [0, 0.05) is 24.5 Å². The van der Waals surface area contributed by atoms with E-state index in [1.54, 1.807) is 12.3 Å². The van der Waals surface area contributed by atoms with Crippen molar-refractivity contribution in [3.63, 3.8) is 0 Å². The Balaban J connectivity index is 1.80. The van der Waals surface area contributed by atoms with E-state index in [0.717, 1.165) is 58.5 Å². The highest BCUT2D eigenvalue weighted by Crippen LogP contribution is 2.29. The van der Waals surface area contributed by atoms with Crippen LogP contribution in [0.25, 0.3) is 22.8 Å². The summed E-state index contributed by atoms with van der Waals surface area (Å²) in [5.41, 5.74) is 8.68. The Morgan fingerprint density at radius 2 is 1.88 bits per heavy atom. The van der Waals surface area contributed by atoms with Gasteiger partial charge in [-0.2, -0.15) is 0 Å². The summed E-state index contributed by atoms with van der Waals surface area (Å²) in [6, 6.07) is 10.1. The summed E-state index contributed by atoms with van der Waals surface area (Å²) in [6.45, 7) is 12.8. The summed E-state index contributed by atoms with van der Waals surface area (Å²) in [4.78, 5) is 9.04. The number of anilines is 1. The number of aryl methyl sites for hydroxylation is 1. The van der Waals surface area contributed by atoms with Crippen LogP contribution in [0, 0.1) is 19.7 Å². The fourth-order valence-corrected chi connectivity index (χ4v) is 4.49. The van der Waals surface area contributed by atoms with Crippen molar-refractivity contribution >= 4 is 17.5 Å². The summed E-state index contributed by atoms with van der Waals surface area (Å²) in [5.74, 6) is 0.438. The zero-order chi connectivity index (χ0) is 28.9. The van der Waals surface area contributed by atoms with Gasteiger partial charge in [0.25, 0.3) is 0 Å². The molecular formula is C36H42FN3. The highest BCUT2D eigenvalue weighted by molar-refractivity contribution is 5.75. The molecule has 3 aromatic rings.